The molecule has 1 heterocycles. The van der Waals surface area contributed by atoms with Crippen LogP contribution in [0.5, 0.6) is 0 Å². The molecule has 1 N–H and O–H groups in total. The van der Waals surface area contributed by atoms with Crippen LogP contribution in [0.1, 0.15) is 25.1 Å². The SMILES string of the molecule is Cc1cn(-c2cc(F)c(C)cc2F)c(NCC(C)C)n1. The smallest absolute Gasteiger partial charge is 0.207 e. The van der Waals surface area contributed by atoms with Gasteiger partial charge in [0.15, 0.2) is 0 Å². The molecule has 0 saturated heterocycles. The molecule has 0 aliphatic carbocycles. The number of halogens is 2. The largest absolute Gasteiger partial charge is 0.355 e. The second kappa shape index (κ2) is 5.61. The molecular formula is C15H19F2N3. The van der Waals surface area contributed by atoms with E-state index >= 15 is 0 Å². The molecule has 3 nitrogen and oxygen atoms in total. The van der Waals surface area contributed by atoms with Crippen LogP contribution in [0.15, 0.2) is 18.3 Å². The van der Waals surface area contributed by atoms with Crippen LogP contribution in [-0.2, 0) is 0 Å². The first-order valence-electron chi connectivity index (χ1n) is 6.64. The fraction of sp³-hybridized carbons (Fsp3) is 0.400. The molecule has 0 aliphatic heterocycles. The summed E-state index contributed by atoms with van der Waals surface area (Å²) < 4.78 is 29.3. The van der Waals surface area contributed by atoms with Crippen molar-refractivity contribution in [3.63, 3.8) is 0 Å². The van der Waals surface area contributed by atoms with E-state index in [-0.39, 0.29) is 5.69 Å². The Morgan fingerprint density at radius 1 is 1.20 bits per heavy atom. The van der Waals surface area contributed by atoms with Crippen molar-refractivity contribution in [2.24, 2.45) is 5.92 Å². The van der Waals surface area contributed by atoms with Gasteiger partial charge in [0.25, 0.3) is 0 Å². The first-order chi connectivity index (χ1) is 9.38. The molecule has 0 aliphatic rings. The van der Waals surface area contributed by atoms with Crippen LogP contribution in [0, 0.1) is 31.4 Å². The summed E-state index contributed by atoms with van der Waals surface area (Å²) in [6.45, 7) is 8.21. The van der Waals surface area contributed by atoms with Gasteiger partial charge in [-0.15, -0.1) is 0 Å². The van der Waals surface area contributed by atoms with E-state index in [1.165, 1.54) is 12.1 Å². The molecule has 1 aromatic carbocycles. The highest BCUT2D eigenvalue weighted by Crippen LogP contribution is 2.22. The van der Waals surface area contributed by atoms with Crippen LogP contribution in [0.2, 0.25) is 0 Å². The van der Waals surface area contributed by atoms with Gasteiger partial charge >= 0.3 is 0 Å². The average Bonchev–Trinajstić information content (AvgIpc) is 2.72. The predicted octanol–water partition coefficient (Wildman–Crippen LogP) is 3.84. The lowest BCUT2D eigenvalue weighted by Crippen LogP contribution is -2.12. The van der Waals surface area contributed by atoms with Crippen LogP contribution < -0.4 is 5.32 Å². The molecule has 1 aromatic heterocycles. The maximum atomic E-state index is 14.1. The normalized spacial score (nSPS) is 11.2. The number of hydrogen-bond acceptors (Lipinski definition) is 2. The van der Waals surface area contributed by atoms with Crippen molar-refractivity contribution in [2.75, 3.05) is 11.9 Å². The maximum Gasteiger partial charge on any atom is 0.207 e. The minimum absolute atomic E-state index is 0.167. The van der Waals surface area contributed by atoms with E-state index < -0.39 is 11.6 Å². The summed E-state index contributed by atoms with van der Waals surface area (Å²) in [5.41, 5.74) is 1.20. The first kappa shape index (κ1) is 14.5. The third-order valence-corrected chi connectivity index (χ3v) is 2.98. The van der Waals surface area contributed by atoms with Crippen LogP contribution in [0.4, 0.5) is 14.7 Å². The highest BCUT2D eigenvalue weighted by molar-refractivity contribution is 5.45. The number of imidazole rings is 1. The van der Waals surface area contributed by atoms with E-state index in [2.05, 4.69) is 24.1 Å². The van der Waals surface area contributed by atoms with Gasteiger partial charge in [-0.2, -0.15) is 0 Å². The number of nitrogens with one attached hydrogen (secondary N) is 1. The minimum atomic E-state index is -0.464. The number of aryl methyl sites for hydroxylation is 2. The third-order valence-electron chi connectivity index (χ3n) is 2.98. The Labute approximate surface area is 117 Å². The van der Waals surface area contributed by atoms with Gasteiger partial charge in [-0.3, -0.25) is 4.57 Å². The highest BCUT2D eigenvalue weighted by Gasteiger charge is 2.14. The Morgan fingerprint density at radius 3 is 2.55 bits per heavy atom. The number of rotatable bonds is 4. The Balaban J connectivity index is 2.44. The quantitative estimate of drug-likeness (QED) is 0.921. The fourth-order valence-corrected chi connectivity index (χ4v) is 1.92. The third kappa shape index (κ3) is 2.98. The molecule has 0 spiro atoms. The van der Waals surface area contributed by atoms with E-state index in [9.17, 15) is 8.78 Å². The van der Waals surface area contributed by atoms with E-state index in [4.69, 9.17) is 0 Å². The zero-order valence-corrected chi connectivity index (χ0v) is 12.2. The predicted molar refractivity (Wildman–Crippen MR) is 76.3 cm³/mol. The highest BCUT2D eigenvalue weighted by atomic mass is 19.1. The van der Waals surface area contributed by atoms with Crippen molar-refractivity contribution in [1.29, 1.82) is 0 Å². The van der Waals surface area contributed by atoms with E-state index in [0.717, 1.165) is 5.69 Å². The summed E-state index contributed by atoms with van der Waals surface area (Å²) in [5.74, 6) is 0.0647. The number of aromatic nitrogens is 2. The van der Waals surface area contributed by atoms with E-state index in [1.54, 1.807) is 17.7 Å². The molecule has 108 valence electrons. The van der Waals surface area contributed by atoms with Crippen molar-refractivity contribution < 1.29 is 8.78 Å². The standard InChI is InChI=1S/C15H19F2N3/c1-9(2)7-18-15-19-11(4)8-20(15)14-6-12(16)10(3)5-13(14)17/h5-6,8-9H,7H2,1-4H3,(H,18,19). The Hall–Kier alpha value is -1.91. The molecule has 0 radical (unpaired) electrons. The monoisotopic (exact) mass is 279 g/mol. The first-order valence-corrected chi connectivity index (χ1v) is 6.64. The van der Waals surface area contributed by atoms with Gasteiger partial charge < -0.3 is 5.32 Å². The summed E-state index contributed by atoms with van der Waals surface area (Å²) in [5, 5.41) is 3.16. The van der Waals surface area contributed by atoms with Gasteiger partial charge in [-0.25, -0.2) is 13.8 Å². The summed E-state index contributed by atoms with van der Waals surface area (Å²) in [4.78, 5) is 4.31. The lowest BCUT2D eigenvalue weighted by molar-refractivity contribution is 0.585. The van der Waals surface area contributed by atoms with Gasteiger partial charge in [-0.1, -0.05) is 13.8 Å². The Bertz CT molecular complexity index is 618. The molecule has 20 heavy (non-hydrogen) atoms. The second-order valence-electron chi connectivity index (χ2n) is 5.40. The molecule has 0 fully saturated rings. The minimum Gasteiger partial charge on any atom is -0.355 e. The summed E-state index contributed by atoms with van der Waals surface area (Å²) in [6, 6.07) is 2.40. The molecule has 2 aromatic rings. The molecular weight excluding hydrogens is 260 g/mol. The Kier molecular flexibility index (Phi) is 4.06. The van der Waals surface area contributed by atoms with Gasteiger partial charge in [0.05, 0.1) is 11.4 Å². The molecule has 5 heteroatoms. The molecule has 0 unspecified atom stereocenters. The zero-order valence-electron chi connectivity index (χ0n) is 12.2. The van der Waals surface area contributed by atoms with Gasteiger partial charge in [-0.05, 0) is 31.4 Å². The number of nitrogens with zero attached hydrogens (tertiary/aromatic N) is 2. The van der Waals surface area contributed by atoms with Crippen molar-refractivity contribution in [3.05, 3.63) is 41.2 Å². The van der Waals surface area contributed by atoms with Crippen LogP contribution in [-0.4, -0.2) is 16.1 Å². The van der Waals surface area contributed by atoms with Crippen LogP contribution in [0.25, 0.3) is 5.69 Å². The summed E-state index contributed by atoms with van der Waals surface area (Å²) in [6.07, 6.45) is 1.69. The molecule has 0 saturated carbocycles. The van der Waals surface area contributed by atoms with Crippen molar-refractivity contribution in [2.45, 2.75) is 27.7 Å². The van der Waals surface area contributed by atoms with Crippen molar-refractivity contribution >= 4 is 5.95 Å². The van der Waals surface area contributed by atoms with E-state index in [1.807, 2.05) is 6.92 Å². The number of benzene rings is 1. The lowest BCUT2D eigenvalue weighted by Gasteiger charge is -2.12. The molecule has 2 rings (SSSR count). The molecule has 0 atom stereocenters. The van der Waals surface area contributed by atoms with Crippen molar-refractivity contribution in [1.82, 2.24) is 9.55 Å². The van der Waals surface area contributed by atoms with Crippen molar-refractivity contribution in [3.8, 4) is 5.69 Å². The molecule has 0 amide bonds. The molecule has 0 bridgehead atoms. The maximum absolute atomic E-state index is 14.1. The summed E-state index contributed by atoms with van der Waals surface area (Å²) >= 11 is 0. The van der Waals surface area contributed by atoms with Gasteiger partial charge in [0.2, 0.25) is 5.95 Å². The lowest BCUT2D eigenvalue weighted by atomic mass is 10.2. The topological polar surface area (TPSA) is 29.9 Å². The number of hydrogen-bond donors (Lipinski definition) is 1. The van der Waals surface area contributed by atoms with Crippen LogP contribution >= 0.6 is 0 Å². The summed E-state index contributed by atoms with van der Waals surface area (Å²) in [7, 11) is 0. The van der Waals surface area contributed by atoms with Crippen LogP contribution in [0.3, 0.4) is 0 Å². The second-order valence-corrected chi connectivity index (χ2v) is 5.40. The zero-order chi connectivity index (χ0) is 14.9. The average molecular weight is 279 g/mol. The van der Waals surface area contributed by atoms with Gasteiger partial charge in [0, 0.05) is 18.8 Å². The van der Waals surface area contributed by atoms with E-state index in [0.29, 0.717) is 24.0 Å². The van der Waals surface area contributed by atoms with Gasteiger partial charge in [0.1, 0.15) is 11.6 Å². The fourth-order valence-electron chi connectivity index (χ4n) is 1.92. The Morgan fingerprint density at radius 2 is 1.90 bits per heavy atom. The number of anilines is 1.